The minimum Gasteiger partial charge on any atom is -0.241 e. The van der Waals surface area contributed by atoms with E-state index in [1.807, 2.05) is 12.4 Å². The first-order valence-corrected chi connectivity index (χ1v) is 5.77. The quantitative estimate of drug-likeness (QED) is 0.717. The van der Waals surface area contributed by atoms with Crippen molar-refractivity contribution in [2.75, 3.05) is 0 Å². The smallest absolute Gasteiger partial charge is 0.128 e. The van der Waals surface area contributed by atoms with Crippen LogP contribution in [0.2, 0.25) is 0 Å². The van der Waals surface area contributed by atoms with E-state index in [1.54, 1.807) is 0 Å². The van der Waals surface area contributed by atoms with E-state index in [1.165, 1.54) is 25.7 Å². The minimum absolute atomic E-state index is 0.504. The Balaban J connectivity index is 1.95. The topological polar surface area (TPSA) is 25.8 Å². The van der Waals surface area contributed by atoms with Crippen LogP contribution >= 0.6 is 11.6 Å². The van der Waals surface area contributed by atoms with Crippen molar-refractivity contribution in [3.63, 3.8) is 0 Å². The summed E-state index contributed by atoms with van der Waals surface area (Å²) in [6, 6.07) is 0. The monoisotopic (exact) mass is 210 g/mol. The normalized spacial score (nSPS) is 17.5. The maximum Gasteiger partial charge on any atom is 0.128 e. The first-order valence-electron chi connectivity index (χ1n) is 5.24. The molecule has 0 amide bonds. The Morgan fingerprint density at radius 3 is 2.43 bits per heavy atom. The molecule has 1 aliphatic carbocycles. The molecule has 76 valence electrons. The SMILES string of the molecule is ClCc1cnc(CC2CCCC2)nc1. The first-order chi connectivity index (χ1) is 6.88. The molecule has 0 aliphatic heterocycles. The summed E-state index contributed by atoms with van der Waals surface area (Å²) < 4.78 is 0. The number of alkyl halides is 1. The van der Waals surface area contributed by atoms with Crippen LogP contribution in [0, 0.1) is 5.92 Å². The highest BCUT2D eigenvalue weighted by atomic mass is 35.5. The van der Waals surface area contributed by atoms with Gasteiger partial charge < -0.3 is 0 Å². The van der Waals surface area contributed by atoms with Crippen molar-refractivity contribution < 1.29 is 0 Å². The van der Waals surface area contributed by atoms with Gasteiger partial charge in [-0.25, -0.2) is 9.97 Å². The number of hydrogen-bond acceptors (Lipinski definition) is 2. The molecule has 2 nitrogen and oxygen atoms in total. The maximum atomic E-state index is 5.67. The van der Waals surface area contributed by atoms with Crippen molar-refractivity contribution in [1.29, 1.82) is 0 Å². The second-order valence-electron chi connectivity index (χ2n) is 4.00. The molecule has 0 aromatic carbocycles. The summed E-state index contributed by atoms with van der Waals surface area (Å²) in [6.07, 6.45) is 10.2. The fourth-order valence-corrected chi connectivity index (χ4v) is 2.17. The van der Waals surface area contributed by atoms with Gasteiger partial charge in [-0.2, -0.15) is 0 Å². The van der Waals surface area contributed by atoms with E-state index in [-0.39, 0.29) is 0 Å². The van der Waals surface area contributed by atoms with Gasteiger partial charge in [0.25, 0.3) is 0 Å². The standard InChI is InChI=1S/C11H15ClN2/c12-6-10-7-13-11(14-8-10)5-9-3-1-2-4-9/h7-9H,1-6H2. The van der Waals surface area contributed by atoms with Gasteiger partial charge in [-0.15, -0.1) is 11.6 Å². The van der Waals surface area contributed by atoms with E-state index in [0.29, 0.717) is 5.88 Å². The number of rotatable bonds is 3. The second-order valence-corrected chi connectivity index (χ2v) is 4.26. The Hall–Kier alpha value is -0.630. The fraction of sp³-hybridized carbons (Fsp3) is 0.636. The molecule has 0 N–H and O–H groups in total. The van der Waals surface area contributed by atoms with Crippen LogP contribution in [-0.4, -0.2) is 9.97 Å². The van der Waals surface area contributed by atoms with Crippen molar-refractivity contribution in [3.8, 4) is 0 Å². The molecule has 0 radical (unpaired) electrons. The third-order valence-electron chi connectivity index (χ3n) is 2.86. The molecule has 0 saturated heterocycles. The zero-order chi connectivity index (χ0) is 9.80. The van der Waals surface area contributed by atoms with Crippen molar-refractivity contribution in [2.45, 2.75) is 38.0 Å². The first kappa shape index (κ1) is 9.91. The molecule has 0 unspecified atom stereocenters. The van der Waals surface area contributed by atoms with Crippen LogP contribution in [0.5, 0.6) is 0 Å². The third-order valence-corrected chi connectivity index (χ3v) is 3.17. The molecule has 1 fully saturated rings. The third kappa shape index (κ3) is 2.44. The molecule has 0 spiro atoms. The molecule has 0 atom stereocenters. The highest BCUT2D eigenvalue weighted by Crippen LogP contribution is 2.26. The zero-order valence-electron chi connectivity index (χ0n) is 8.25. The van der Waals surface area contributed by atoms with Crippen molar-refractivity contribution in [2.24, 2.45) is 5.92 Å². The molecule has 3 heteroatoms. The predicted octanol–water partition coefficient (Wildman–Crippen LogP) is 2.95. The van der Waals surface area contributed by atoms with Crippen LogP contribution in [0.3, 0.4) is 0 Å². The lowest BCUT2D eigenvalue weighted by Gasteiger charge is -2.06. The van der Waals surface area contributed by atoms with Gasteiger partial charge in [0.1, 0.15) is 5.82 Å². The fourth-order valence-electron chi connectivity index (χ4n) is 2.03. The van der Waals surface area contributed by atoms with Gasteiger partial charge in [0.05, 0.1) is 5.88 Å². The molecule has 14 heavy (non-hydrogen) atoms. The molecule has 1 aromatic rings. The van der Waals surface area contributed by atoms with Gasteiger partial charge in [-0.1, -0.05) is 25.7 Å². The maximum absolute atomic E-state index is 5.67. The highest BCUT2D eigenvalue weighted by molar-refractivity contribution is 6.17. The lowest BCUT2D eigenvalue weighted by atomic mass is 10.0. The summed E-state index contributed by atoms with van der Waals surface area (Å²) in [5.41, 5.74) is 1.00. The van der Waals surface area contributed by atoms with Crippen LogP contribution in [0.1, 0.15) is 37.1 Å². The molecule has 1 saturated carbocycles. The number of halogens is 1. The van der Waals surface area contributed by atoms with Gasteiger partial charge in [0.15, 0.2) is 0 Å². The minimum atomic E-state index is 0.504. The van der Waals surface area contributed by atoms with Crippen molar-refractivity contribution >= 4 is 11.6 Å². The average molecular weight is 211 g/mol. The van der Waals surface area contributed by atoms with Crippen LogP contribution in [-0.2, 0) is 12.3 Å². The Bertz CT molecular complexity index is 278. The zero-order valence-corrected chi connectivity index (χ0v) is 9.00. The Morgan fingerprint density at radius 1 is 1.21 bits per heavy atom. The van der Waals surface area contributed by atoms with Crippen LogP contribution < -0.4 is 0 Å². The van der Waals surface area contributed by atoms with Gasteiger partial charge in [-0.3, -0.25) is 0 Å². The van der Waals surface area contributed by atoms with Gasteiger partial charge >= 0.3 is 0 Å². The number of hydrogen-bond donors (Lipinski definition) is 0. The predicted molar refractivity (Wildman–Crippen MR) is 57.3 cm³/mol. The summed E-state index contributed by atoms with van der Waals surface area (Å²) >= 11 is 5.67. The summed E-state index contributed by atoms with van der Waals surface area (Å²) in [6.45, 7) is 0. The van der Waals surface area contributed by atoms with Gasteiger partial charge in [0.2, 0.25) is 0 Å². The number of aromatic nitrogens is 2. The van der Waals surface area contributed by atoms with Crippen LogP contribution in [0.4, 0.5) is 0 Å². The van der Waals surface area contributed by atoms with E-state index in [9.17, 15) is 0 Å². The Kier molecular flexibility index (Phi) is 3.35. The molecule has 1 aromatic heterocycles. The Labute approximate surface area is 89.7 Å². The van der Waals surface area contributed by atoms with Crippen LogP contribution in [0.25, 0.3) is 0 Å². The molecule has 0 bridgehead atoms. The van der Waals surface area contributed by atoms with Gasteiger partial charge in [-0.05, 0) is 5.92 Å². The largest absolute Gasteiger partial charge is 0.241 e. The van der Waals surface area contributed by atoms with E-state index in [4.69, 9.17) is 11.6 Å². The summed E-state index contributed by atoms with van der Waals surface area (Å²) in [4.78, 5) is 8.63. The molecular formula is C11H15ClN2. The van der Waals surface area contributed by atoms with Gasteiger partial charge in [0, 0.05) is 24.4 Å². The van der Waals surface area contributed by atoms with Crippen LogP contribution in [0.15, 0.2) is 12.4 Å². The van der Waals surface area contributed by atoms with E-state index >= 15 is 0 Å². The highest BCUT2D eigenvalue weighted by Gasteiger charge is 2.16. The lowest BCUT2D eigenvalue weighted by Crippen LogP contribution is -2.03. The van der Waals surface area contributed by atoms with E-state index in [2.05, 4.69) is 9.97 Å². The van der Waals surface area contributed by atoms with Crippen molar-refractivity contribution in [1.82, 2.24) is 9.97 Å². The molecular weight excluding hydrogens is 196 g/mol. The number of nitrogens with zero attached hydrogens (tertiary/aromatic N) is 2. The summed E-state index contributed by atoms with van der Waals surface area (Å²) in [7, 11) is 0. The van der Waals surface area contributed by atoms with E-state index in [0.717, 1.165) is 23.7 Å². The molecule has 1 heterocycles. The van der Waals surface area contributed by atoms with Crippen molar-refractivity contribution in [3.05, 3.63) is 23.8 Å². The molecule has 2 rings (SSSR count). The summed E-state index contributed by atoms with van der Waals surface area (Å²) in [5.74, 6) is 2.30. The lowest BCUT2D eigenvalue weighted by molar-refractivity contribution is 0.530. The van der Waals surface area contributed by atoms with E-state index < -0.39 is 0 Å². The average Bonchev–Trinajstić information content (AvgIpc) is 2.72. The second kappa shape index (κ2) is 4.74. The Morgan fingerprint density at radius 2 is 1.86 bits per heavy atom. The molecule has 1 aliphatic rings. The summed E-state index contributed by atoms with van der Waals surface area (Å²) in [5, 5.41) is 0.